The quantitative estimate of drug-likeness (QED) is 0.401. The van der Waals surface area contributed by atoms with Gasteiger partial charge in [0.05, 0.1) is 6.54 Å². The lowest BCUT2D eigenvalue weighted by atomic mass is 9.91. The summed E-state index contributed by atoms with van der Waals surface area (Å²) in [4.78, 5) is 43.2. The molecule has 40 heavy (non-hydrogen) atoms. The number of anilines is 1. The number of ether oxygens (including phenoxy) is 1. The molecular weight excluding hydrogens is 544 g/mol. The predicted octanol–water partition coefficient (Wildman–Crippen LogP) is 5.36. The highest BCUT2D eigenvalue weighted by Crippen LogP contribution is 2.30. The number of hydrogen-bond acceptors (Lipinski definition) is 7. The van der Waals surface area contributed by atoms with Gasteiger partial charge in [0.25, 0.3) is 5.91 Å². The van der Waals surface area contributed by atoms with Crippen molar-refractivity contribution < 1.29 is 19.1 Å². The maximum atomic E-state index is 13.8. The molecule has 3 aliphatic rings. The van der Waals surface area contributed by atoms with Crippen molar-refractivity contribution in [2.24, 2.45) is 5.92 Å². The number of hydrogen-bond donors (Lipinski definition) is 2. The van der Waals surface area contributed by atoms with E-state index < -0.39 is 23.1 Å². The first kappa shape index (κ1) is 30.9. The molecule has 0 bridgehead atoms. The van der Waals surface area contributed by atoms with Gasteiger partial charge in [-0.15, -0.1) is 11.8 Å². The molecule has 2 heterocycles. The van der Waals surface area contributed by atoms with E-state index in [1.54, 1.807) is 39.1 Å². The summed E-state index contributed by atoms with van der Waals surface area (Å²) in [5.41, 5.74) is 0.437. The lowest BCUT2D eigenvalue weighted by molar-refractivity contribution is -0.137. The minimum absolute atomic E-state index is 0.0292. The molecule has 3 amide bonds. The van der Waals surface area contributed by atoms with Gasteiger partial charge in [0, 0.05) is 36.3 Å². The molecule has 2 atom stereocenters. The van der Waals surface area contributed by atoms with Crippen LogP contribution in [0, 0.1) is 12.5 Å². The molecule has 10 heteroatoms. The summed E-state index contributed by atoms with van der Waals surface area (Å²) in [6, 6.07) is 9.85. The van der Waals surface area contributed by atoms with E-state index in [9.17, 15) is 14.4 Å². The molecule has 2 saturated heterocycles. The van der Waals surface area contributed by atoms with Gasteiger partial charge >= 0.3 is 6.09 Å². The second-order valence-corrected chi connectivity index (χ2v) is 14.2. The van der Waals surface area contributed by atoms with Crippen LogP contribution in [0.1, 0.15) is 65.7 Å². The van der Waals surface area contributed by atoms with Crippen LogP contribution >= 0.6 is 23.5 Å². The SMILES string of the molecule is CC(C)(C)OC(=O)N1[CH]CSC1C(=O)N[C@@H](CSCC1CCCCC1)C(=O)N1CCC(Nc2ccccc2)CC1. The van der Waals surface area contributed by atoms with Gasteiger partial charge in [-0.25, -0.2) is 4.79 Å². The smallest absolute Gasteiger partial charge is 0.411 e. The number of benzene rings is 1. The maximum Gasteiger partial charge on any atom is 0.411 e. The van der Waals surface area contributed by atoms with Gasteiger partial charge in [0.15, 0.2) is 5.37 Å². The van der Waals surface area contributed by atoms with E-state index in [0.29, 0.717) is 36.6 Å². The third-order valence-electron chi connectivity index (χ3n) is 7.54. The van der Waals surface area contributed by atoms with Crippen LogP contribution < -0.4 is 10.6 Å². The van der Waals surface area contributed by atoms with Crippen molar-refractivity contribution in [1.82, 2.24) is 15.1 Å². The van der Waals surface area contributed by atoms with E-state index in [1.807, 2.05) is 23.1 Å². The number of amides is 3. The number of likely N-dealkylation sites (tertiary alicyclic amines) is 1. The highest BCUT2D eigenvalue weighted by Gasteiger charge is 2.40. The summed E-state index contributed by atoms with van der Waals surface area (Å²) in [5.74, 6) is 2.43. The molecular formula is C30H45N4O4S2. The second-order valence-electron chi connectivity index (χ2n) is 12.0. The van der Waals surface area contributed by atoms with E-state index in [1.165, 1.54) is 48.8 Å². The molecule has 4 rings (SSSR count). The van der Waals surface area contributed by atoms with Crippen molar-refractivity contribution >= 4 is 47.1 Å². The van der Waals surface area contributed by atoms with Gasteiger partial charge in [-0.1, -0.05) is 37.5 Å². The van der Waals surface area contributed by atoms with E-state index in [4.69, 9.17) is 4.74 Å². The fraction of sp³-hybridized carbons (Fsp3) is 0.667. The molecule has 221 valence electrons. The molecule has 3 fully saturated rings. The molecule has 8 nitrogen and oxygen atoms in total. The lowest BCUT2D eigenvalue weighted by Crippen LogP contribution is -2.55. The zero-order valence-corrected chi connectivity index (χ0v) is 25.7. The van der Waals surface area contributed by atoms with Gasteiger partial charge in [0.1, 0.15) is 11.6 Å². The summed E-state index contributed by atoms with van der Waals surface area (Å²) < 4.78 is 5.51. The normalized spacial score (nSPS) is 21.6. The average molecular weight is 590 g/mol. The van der Waals surface area contributed by atoms with Gasteiger partial charge < -0.3 is 20.3 Å². The third-order valence-corrected chi connectivity index (χ3v) is 9.91. The monoisotopic (exact) mass is 589 g/mol. The number of nitrogens with zero attached hydrogens (tertiary/aromatic N) is 2. The largest absolute Gasteiger partial charge is 0.444 e. The van der Waals surface area contributed by atoms with Crippen LogP contribution in [-0.4, -0.2) is 81.1 Å². The number of carbonyl (C=O) groups excluding carboxylic acids is 3. The first-order valence-electron chi connectivity index (χ1n) is 14.6. The van der Waals surface area contributed by atoms with Gasteiger partial charge in [-0.2, -0.15) is 11.8 Å². The Kier molecular flexibility index (Phi) is 11.4. The molecule has 2 aliphatic heterocycles. The van der Waals surface area contributed by atoms with Crippen LogP contribution in [0.5, 0.6) is 0 Å². The van der Waals surface area contributed by atoms with Crippen molar-refractivity contribution in [3.05, 3.63) is 36.9 Å². The Bertz CT molecular complexity index is 976. The third kappa shape index (κ3) is 9.23. The Labute approximate surface area is 248 Å². The Balaban J connectivity index is 1.36. The summed E-state index contributed by atoms with van der Waals surface area (Å²) in [7, 11) is 0. The molecule has 0 aromatic heterocycles. The summed E-state index contributed by atoms with van der Waals surface area (Å²) >= 11 is 3.14. The van der Waals surface area contributed by atoms with Gasteiger partial charge in [-0.3, -0.25) is 14.5 Å². The van der Waals surface area contributed by atoms with Crippen LogP contribution in [0.3, 0.4) is 0 Å². The van der Waals surface area contributed by atoms with E-state index >= 15 is 0 Å². The number of piperidine rings is 1. The zero-order valence-electron chi connectivity index (χ0n) is 24.1. The highest BCUT2D eigenvalue weighted by molar-refractivity contribution is 8.01. The molecule has 1 unspecified atom stereocenters. The van der Waals surface area contributed by atoms with E-state index in [2.05, 4.69) is 22.8 Å². The maximum absolute atomic E-state index is 13.8. The molecule has 2 N–H and O–H groups in total. The Morgan fingerprint density at radius 1 is 1.05 bits per heavy atom. The van der Waals surface area contributed by atoms with Crippen molar-refractivity contribution in [2.45, 2.75) is 88.8 Å². The number of carbonyl (C=O) groups is 3. The standard InChI is InChI=1S/C30H45N4O4S2/c1-30(2,3)38-29(37)34-18-19-40-28(34)26(35)32-25(21-39-20-22-10-6-4-7-11-22)27(36)33-16-14-24(15-17-33)31-23-12-8-5-9-13-23/h5,8-9,12-13,18,22,24-25,28,31H,4,6-7,10-11,14-17,19-21H2,1-3H3,(H,32,35)/t25-,28?/m0/s1. The molecule has 1 aliphatic carbocycles. The number of thioether (sulfide) groups is 2. The Morgan fingerprint density at radius 2 is 1.75 bits per heavy atom. The molecule has 0 spiro atoms. The molecule has 1 aromatic rings. The fourth-order valence-electron chi connectivity index (χ4n) is 5.44. The van der Waals surface area contributed by atoms with Crippen molar-refractivity contribution in [3.8, 4) is 0 Å². The van der Waals surface area contributed by atoms with Crippen molar-refractivity contribution in [2.75, 3.05) is 35.7 Å². The van der Waals surface area contributed by atoms with E-state index in [0.717, 1.165) is 24.3 Å². The van der Waals surface area contributed by atoms with Gasteiger partial charge in [-0.05, 0) is 70.3 Å². The highest BCUT2D eigenvalue weighted by atomic mass is 32.2. The summed E-state index contributed by atoms with van der Waals surface area (Å²) in [5, 5.41) is 5.87. The first-order chi connectivity index (χ1) is 19.2. The van der Waals surface area contributed by atoms with Crippen molar-refractivity contribution in [1.29, 1.82) is 0 Å². The van der Waals surface area contributed by atoms with Crippen LogP contribution in [0.25, 0.3) is 0 Å². The summed E-state index contributed by atoms with van der Waals surface area (Å²) in [6.07, 6.45) is 7.56. The summed E-state index contributed by atoms with van der Waals surface area (Å²) in [6.45, 7) is 8.42. The molecule has 1 aromatic carbocycles. The zero-order chi connectivity index (χ0) is 28.5. The van der Waals surface area contributed by atoms with E-state index in [-0.39, 0.29) is 11.8 Å². The Hall–Kier alpha value is -2.07. The van der Waals surface area contributed by atoms with Crippen LogP contribution in [0.2, 0.25) is 0 Å². The van der Waals surface area contributed by atoms with Crippen molar-refractivity contribution in [3.63, 3.8) is 0 Å². The minimum Gasteiger partial charge on any atom is -0.444 e. The number of nitrogens with one attached hydrogen (secondary N) is 2. The minimum atomic E-state index is -0.741. The predicted molar refractivity (Wildman–Crippen MR) is 164 cm³/mol. The average Bonchev–Trinajstić information content (AvgIpc) is 3.44. The Morgan fingerprint density at radius 3 is 2.42 bits per heavy atom. The fourth-order valence-corrected chi connectivity index (χ4v) is 7.68. The molecule has 1 saturated carbocycles. The van der Waals surface area contributed by atoms with Gasteiger partial charge in [0.2, 0.25) is 5.91 Å². The number of para-hydroxylation sites is 1. The lowest BCUT2D eigenvalue weighted by Gasteiger charge is -2.35. The second kappa shape index (κ2) is 14.7. The number of rotatable bonds is 9. The first-order valence-corrected chi connectivity index (χ1v) is 16.8. The molecule has 1 radical (unpaired) electrons. The van der Waals surface area contributed by atoms with Crippen LogP contribution in [-0.2, 0) is 14.3 Å². The van der Waals surface area contributed by atoms with Crippen LogP contribution in [0.15, 0.2) is 30.3 Å². The topological polar surface area (TPSA) is 91.0 Å². The van der Waals surface area contributed by atoms with Crippen LogP contribution in [0.4, 0.5) is 10.5 Å².